The van der Waals surface area contributed by atoms with Gasteiger partial charge in [0.05, 0.1) is 6.42 Å². The Hall–Kier alpha value is -2.40. The molecule has 2 aromatic rings. The van der Waals surface area contributed by atoms with E-state index in [-0.39, 0.29) is 11.3 Å². The van der Waals surface area contributed by atoms with Crippen LogP contribution < -0.4 is 0 Å². The molecule has 0 unspecified atom stereocenters. The molecule has 0 aromatic heterocycles. The van der Waals surface area contributed by atoms with E-state index in [1.165, 1.54) is 6.07 Å². The maximum atomic E-state index is 12.6. The molecule has 25 heavy (non-hydrogen) atoms. The summed E-state index contributed by atoms with van der Waals surface area (Å²) >= 11 is 0. The Balaban J connectivity index is 2.39. The van der Waals surface area contributed by atoms with Gasteiger partial charge < -0.3 is 4.18 Å². The molecule has 0 atom stereocenters. The van der Waals surface area contributed by atoms with E-state index in [4.69, 9.17) is 4.18 Å². The minimum Gasteiger partial charge on any atom is -0.342 e. The first-order valence-electron chi connectivity index (χ1n) is 8.13. The molecule has 0 aliphatic carbocycles. The van der Waals surface area contributed by atoms with E-state index >= 15 is 0 Å². The monoisotopic (exact) mass is 358 g/mol. The van der Waals surface area contributed by atoms with Crippen LogP contribution in [0.2, 0.25) is 0 Å². The van der Waals surface area contributed by atoms with Crippen molar-refractivity contribution in [3.8, 4) is 11.1 Å². The quantitative estimate of drug-likeness (QED) is 0.561. The lowest BCUT2D eigenvalue weighted by atomic mass is 10.0. The average molecular weight is 358 g/mol. The zero-order valence-electron chi connectivity index (χ0n) is 14.7. The van der Waals surface area contributed by atoms with Gasteiger partial charge in [0.15, 0.2) is 0 Å². The Morgan fingerprint density at radius 3 is 2.28 bits per heavy atom. The van der Waals surface area contributed by atoms with Crippen molar-refractivity contribution in [1.82, 2.24) is 0 Å². The van der Waals surface area contributed by atoms with E-state index in [0.717, 1.165) is 23.1 Å². The summed E-state index contributed by atoms with van der Waals surface area (Å²) in [6, 6.07) is 12.6. The fraction of sp³-hybridized carbons (Fsp3) is 0.250. The van der Waals surface area contributed by atoms with Crippen LogP contribution in [0.5, 0.6) is 0 Å². The van der Waals surface area contributed by atoms with Crippen molar-refractivity contribution in [1.29, 1.82) is 0 Å². The van der Waals surface area contributed by atoms with Crippen LogP contribution in [-0.2, 0) is 19.1 Å². The van der Waals surface area contributed by atoms with Gasteiger partial charge in [0, 0.05) is 5.56 Å². The molecule has 5 heteroatoms. The first kappa shape index (κ1) is 18.9. The van der Waals surface area contributed by atoms with Gasteiger partial charge in [0.2, 0.25) is 0 Å². The van der Waals surface area contributed by atoms with Gasteiger partial charge in [-0.15, -0.1) is 0 Å². The van der Waals surface area contributed by atoms with Crippen LogP contribution in [0.15, 0.2) is 59.5 Å². The number of hydrogen-bond acceptors (Lipinski definition) is 4. The van der Waals surface area contributed by atoms with Gasteiger partial charge in [-0.3, -0.25) is 4.79 Å². The lowest BCUT2D eigenvalue weighted by Gasteiger charge is -2.12. The van der Waals surface area contributed by atoms with Gasteiger partial charge in [-0.05, 0) is 37.5 Å². The van der Waals surface area contributed by atoms with Crippen molar-refractivity contribution in [2.45, 2.75) is 38.5 Å². The molecule has 0 heterocycles. The molecule has 0 spiro atoms. The highest BCUT2D eigenvalue weighted by Gasteiger charge is 2.24. The highest BCUT2D eigenvalue weighted by molar-refractivity contribution is 7.87. The predicted octanol–water partition coefficient (Wildman–Crippen LogP) is 4.56. The molecule has 0 aliphatic rings. The van der Waals surface area contributed by atoms with Gasteiger partial charge in [-0.1, -0.05) is 61.0 Å². The molecular weight excluding hydrogens is 336 g/mol. The second kappa shape index (κ2) is 8.12. The van der Waals surface area contributed by atoms with Crippen molar-refractivity contribution in [2.75, 3.05) is 0 Å². The van der Waals surface area contributed by atoms with Crippen molar-refractivity contribution in [2.24, 2.45) is 0 Å². The number of carbonyl (C=O) groups is 1. The van der Waals surface area contributed by atoms with Gasteiger partial charge in [-0.2, -0.15) is 8.42 Å². The molecule has 4 nitrogen and oxygen atoms in total. The largest absolute Gasteiger partial charge is 0.342 e. The topological polar surface area (TPSA) is 60.4 Å². The van der Waals surface area contributed by atoms with Crippen LogP contribution >= 0.6 is 0 Å². The van der Waals surface area contributed by atoms with E-state index in [1.54, 1.807) is 25.1 Å². The Morgan fingerprint density at radius 2 is 1.64 bits per heavy atom. The highest BCUT2D eigenvalue weighted by atomic mass is 32.2. The summed E-state index contributed by atoms with van der Waals surface area (Å²) in [6.07, 6.45) is 4.10. The second-order valence-electron chi connectivity index (χ2n) is 5.86. The first-order valence-corrected chi connectivity index (χ1v) is 9.54. The number of allylic oxidation sites excluding steroid dienone is 1. The molecular formula is C20H22O4S. The minimum absolute atomic E-state index is 0.00386. The molecule has 2 aromatic carbocycles. The molecule has 0 amide bonds. The molecule has 0 saturated carbocycles. The molecule has 0 bridgehead atoms. The molecule has 2 rings (SSSR count). The van der Waals surface area contributed by atoms with E-state index in [0.29, 0.717) is 5.56 Å². The number of rotatable bonds is 6. The van der Waals surface area contributed by atoms with Crippen LogP contribution in [0.1, 0.15) is 30.9 Å². The van der Waals surface area contributed by atoms with Gasteiger partial charge >= 0.3 is 16.1 Å². The standard InChI is InChI=1S/C20H22O4S/c1-4-5-6-7-20(21)24-25(22,23)19-14-16(3)10-13-18(19)17-11-8-15(2)9-12-17/h5-6,8-14H,4,7H2,1-3H3/b6-5+. The van der Waals surface area contributed by atoms with Gasteiger partial charge in [-0.25, -0.2) is 0 Å². The summed E-state index contributed by atoms with van der Waals surface area (Å²) in [4.78, 5) is 11.8. The zero-order valence-corrected chi connectivity index (χ0v) is 15.5. The summed E-state index contributed by atoms with van der Waals surface area (Å²) in [6.45, 7) is 5.69. The molecule has 0 aliphatic heterocycles. The summed E-state index contributed by atoms with van der Waals surface area (Å²) in [5, 5.41) is 0. The van der Waals surface area contributed by atoms with Crippen LogP contribution in [0.4, 0.5) is 0 Å². The fourth-order valence-electron chi connectivity index (χ4n) is 2.36. The summed E-state index contributed by atoms with van der Waals surface area (Å²) < 4.78 is 30.0. The SMILES string of the molecule is CC/C=C/CC(=O)OS(=O)(=O)c1cc(C)ccc1-c1ccc(C)cc1. The van der Waals surface area contributed by atoms with E-state index in [9.17, 15) is 13.2 Å². The third-order valence-electron chi connectivity index (χ3n) is 3.66. The third-order valence-corrected chi connectivity index (χ3v) is 4.94. The summed E-state index contributed by atoms with van der Waals surface area (Å²) in [7, 11) is -4.19. The summed E-state index contributed by atoms with van der Waals surface area (Å²) in [5.41, 5.74) is 3.12. The number of hydrogen-bond donors (Lipinski definition) is 0. The van der Waals surface area contributed by atoms with Crippen LogP contribution in [0.3, 0.4) is 0 Å². The molecule has 0 saturated heterocycles. The van der Waals surface area contributed by atoms with Crippen LogP contribution in [-0.4, -0.2) is 14.4 Å². The van der Waals surface area contributed by atoms with Crippen LogP contribution in [0.25, 0.3) is 11.1 Å². The number of carbonyl (C=O) groups excluding carboxylic acids is 1. The lowest BCUT2D eigenvalue weighted by Crippen LogP contribution is -2.13. The smallest absolute Gasteiger partial charge is 0.342 e. The third kappa shape index (κ3) is 5.03. The zero-order chi connectivity index (χ0) is 18.4. The highest BCUT2D eigenvalue weighted by Crippen LogP contribution is 2.30. The van der Waals surface area contributed by atoms with E-state index in [1.807, 2.05) is 44.2 Å². The molecule has 0 radical (unpaired) electrons. The predicted molar refractivity (Wildman–Crippen MR) is 98.7 cm³/mol. The molecule has 132 valence electrons. The van der Waals surface area contributed by atoms with Crippen LogP contribution in [0, 0.1) is 13.8 Å². The maximum Gasteiger partial charge on any atom is 0.342 e. The molecule has 0 N–H and O–H groups in total. The minimum atomic E-state index is -4.19. The van der Waals surface area contributed by atoms with Crippen molar-refractivity contribution < 1.29 is 17.4 Å². The van der Waals surface area contributed by atoms with Crippen molar-refractivity contribution >= 4 is 16.1 Å². The van der Waals surface area contributed by atoms with Crippen molar-refractivity contribution in [3.63, 3.8) is 0 Å². The van der Waals surface area contributed by atoms with Gasteiger partial charge in [0.1, 0.15) is 4.90 Å². The van der Waals surface area contributed by atoms with E-state index in [2.05, 4.69) is 0 Å². The van der Waals surface area contributed by atoms with Gasteiger partial charge in [0.25, 0.3) is 0 Å². The Bertz CT molecular complexity index is 878. The Morgan fingerprint density at radius 1 is 1.00 bits per heavy atom. The molecule has 0 fully saturated rings. The van der Waals surface area contributed by atoms with Crippen molar-refractivity contribution in [3.05, 3.63) is 65.7 Å². The summed E-state index contributed by atoms with van der Waals surface area (Å²) in [5.74, 6) is -0.791. The normalized spacial score (nSPS) is 11.6. The fourth-order valence-corrected chi connectivity index (χ4v) is 3.54. The Kier molecular flexibility index (Phi) is 6.15. The number of aryl methyl sites for hydroxylation is 2. The average Bonchev–Trinajstić information content (AvgIpc) is 2.55. The Labute approximate surface area is 149 Å². The van der Waals surface area contributed by atoms with E-state index < -0.39 is 16.1 Å². The first-order chi connectivity index (χ1) is 11.8. The number of benzene rings is 2. The maximum absolute atomic E-state index is 12.6. The lowest BCUT2D eigenvalue weighted by molar-refractivity contribution is -0.132. The second-order valence-corrected chi connectivity index (χ2v) is 7.37.